The van der Waals surface area contributed by atoms with Crippen LogP contribution in [0.4, 0.5) is 0 Å². The van der Waals surface area contributed by atoms with Gasteiger partial charge >= 0.3 is 0 Å². The van der Waals surface area contributed by atoms with Crippen LogP contribution in [0.5, 0.6) is 0 Å². The maximum absolute atomic E-state index is 13.0. The van der Waals surface area contributed by atoms with Crippen molar-refractivity contribution in [3.8, 4) is 0 Å². The van der Waals surface area contributed by atoms with Gasteiger partial charge in [-0.05, 0) is 81.8 Å². The van der Waals surface area contributed by atoms with Gasteiger partial charge < -0.3 is 5.32 Å². The third-order valence-corrected chi connectivity index (χ3v) is 8.00. The standard InChI is InChI=1S/C24H32N2O3S/c1-16-8-10-22(11-9-16)30(28,29)26-12-6-7-21(15-26)24(27)25-20(5)23-14-18(3)17(2)13-19(23)4/h8-11,13-14,20-21H,6-7,12,15H2,1-5H3,(H,25,27)/t20-,21-/m0/s1. The van der Waals surface area contributed by atoms with Gasteiger partial charge in [0.15, 0.2) is 0 Å². The number of nitrogens with zero attached hydrogens (tertiary/aromatic N) is 1. The summed E-state index contributed by atoms with van der Waals surface area (Å²) in [6, 6.07) is 11.0. The lowest BCUT2D eigenvalue weighted by Gasteiger charge is -2.32. The second-order valence-electron chi connectivity index (χ2n) is 8.54. The first-order valence-electron chi connectivity index (χ1n) is 10.5. The van der Waals surface area contributed by atoms with Crippen LogP contribution in [-0.4, -0.2) is 31.7 Å². The average Bonchev–Trinajstić information content (AvgIpc) is 2.71. The van der Waals surface area contributed by atoms with Gasteiger partial charge in [0, 0.05) is 13.1 Å². The van der Waals surface area contributed by atoms with Gasteiger partial charge in [0.2, 0.25) is 15.9 Å². The molecule has 162 valence electrons. The third kappa shape index (κ3) is 4.76. The van der Waals surface area contributed by atoms with Gasteiger partial charge in [-0.1, -0.05) is 29.8 Å². The molecule has 0 unspecified atom stereocenters. The minimum absolute atomic E-state index is 0.0797. The van der Waals surface area contributed by atoms with E-state index in [1.807, 2.05) is 13.8 Å². The van der Waals surface area contributed by atoms with Crippen molar-refractivity contribution in [2.24, 2.45) is 5.92 Å². The third-order valence-electron chi connectivity index (χ3n) is 6.12. The second kappa shape index (κ2) is 8.90. The molecule has 0 saturated carbocycles. The molecule has 1 aliphatic rings. The molecule has 30 heavy (non-hydrogen) atoms. The SMILES string of the molecule is Cc1ccc(S(=O)(=O)N2CCC[C@H](C(=O)N[C@@H](C)c3cc(C)c(C)cc3C)C2)cc1. The molecule has 5 nitrogen and oxygen atoms in total. The number of nitrogens with one attached hydrogen (secondary N) is 1. The molecule has 6 heteroatoms. The van der Waals surface area contributed by atoms with Gasteiger partial charge in [0.05, 0.1) is 16.9 Å². The Bertz CT molecular complexity index is 1030. The first kappa shape index (κ1) is 22.5. The maximum Gasteiger partial charge on any atom is 0.243 e. The van der Waals surface area contributed by atoms with Gasteiger partial charge in [-0.2, -0.15) is 4.31 Å². The van der Waals surface area contributed by atoms with Crippen molar-refractivity contribution in [2.75, 3.05) is 13.1 Å². The zero-order valence-corrected chi connectivity index (χ0v) is 19.3. The highest BCUT2D eigenvalue weighted by Gasteiger charge is 2.33. The molecular weight excluding hydrogens is 396 g/mol. The number of hydrogen-bond acceptors (Lipinski definition) is 3. The number of carbonyl (C=O) groups excluding carboxylic acids is 1. The molecule has 0 aliphatic carbocycles. The summed E-state index contributed by atoms with van der Waals surface area (Å²) in [7, 11) is -3.59. The topological polar surface area (TPSA) is 66.5 Å². The number of rotatable bonds is 5. The predicted molar refractivity (Wildman–Crippen MR) is 120 cm³/mol. The fourth-order valence-corrected chi connectivity index (χ4v) is 5.62. The second-order valence-corrected chi connectivity index (χ2v) is 10.5. The molecule has 0 bridgehead atoms. The van der Waals surface area contributed by atoms with E-state index in [2.05, 4.69) is 38.2 Å². The first-order chi connectivity index (χ1) is 14.1. The molecule has 1 N–H and O–H groups in total. The number of carbonyl (C=O) groups is 1. The van der Waals surface area contributed by atoms with Gasteiger partial charge in [-0.15, -0.1) is 0 Å². The van der Waals surface area contributed by atoms with Crippen LogP contribution in [0.25, 0.3) is 0 Å². The quantitative estimate of drug-likeness (QED) is 0.776. The number of piperidine rings is 1. The summed E-state index contributed by atoms with van der Waals surface area (Å²) < 4.78 is 27.5. The van der Waals surface area contributed by atoms with E-state index in [1.165, 1.54) is 15.4 Å². The van der Waals surface area contributed by atoms with E-state index in [1.54, 1.807) is 24.3 Å². The van der Waals surface area contributed by atoms with E-state index in [9.17, 15) is 13.2 Å². The smallest absolute Gasteiger partial charge is 0.243 e. The summed E-state index contributed by atoms with van der Waals surface area (Å²) in [5, 5.41) is 3.11. The summed E-state index contributed by atoms with van der Waals surface area (Å²) >= 11 is 0. The van der Waals surface area contributed by atoms with Crippen LogP contribution in [0.2, 0.25) is 0 Å². The number of hydrogen-bond donors (Lipinski definition) is 1. The van der Waals surface area contributed by atoms with Crippen LogP contribution >= 0.6 is 0 Å². The predicted octanol–water partition coefficient (Wildman–Crippen LogP) is 4.20. The Labute approximate surface area is 180 Å². The lowest BCUT2D eigenvalue weighted by atomic mass is 9.95. The summed E-state index contributed by atoms with van der Waals surface area (Å²) in [5.74, 6) is -0.419. The molecule has 1 amide bonds. The van der Waals surface area contributed by atoms with Crippen LogP contribution in [0, 0.1) is 33.6 Å². The van der Waals surface area contributed by atoms with Gasteiger partial charge in [0.1, 0.15) is 0 Å². The molecule has 2 aromatic rings. The van der Waals surface area contributed by atoms with Crippen LogP contribution < -0.4 is 5.32 Å². The van der Waals surface area contributed by atoms with Gasteiger partial charge in [-0.3, -0.25) is 4.79 Å². The van der Waals surface area contributed by atoms with Gasteiger partial charge in [-0.25, -0.2) is 8.42 Å². The number of amides is 1. The molecule has 3 rings (SSSR count). The van der Waals surface area contributed by atoms with Crippen molar-refractivity contribution in [2.45, 2.75) is 58.4 Å². The molecule has 2 aromatic carbocycles. The van der Waals surface area contributed by atoms with E-state index < -0.39 is 10.0 Å². The molecule has 0 aromatic heterocycles. The lowest BCUT2D eigenvalue weighted by Crippen LogP contribution is -2.45. The first-order valence-corrected chi connectivity index (χ1v) is 12.0. The minimum atomic E-state index is -3.59. The molecule has 1 fully saturated rings. The van der Waals surface area contributed by atoms with Gasteiger partial charge in [0.25, 0.3) is 0 Å². The molecule has 1 saturated heterocycles. The van der Waals surface area contributed by atoms with Crippen molar-refractivity contribution in [3.05, 3.63) is 64.2 Å². The van der Waals surface area contributed by atoms with E-state index in [4.69, 9.17) is 0 Å². The average molecular weight is 429 g/mol. The number of benzene rings is 2. The van der Waals surface area contributed by atoms with Crippen molar-refractivity contribution >= 4 is 15.9 Å². The highest BCUT2D eigenvalue weighted by atomic mass is 32.2. The Morgan fingerprint density at radius 1 is 1.03 bits per heavy atom. The van der Waals surface area contributed by atoms with Crippen molar-refractivity contribution in [3.63, 3.8) is 0 Å². The zero-order valence-electron chi connectivity index (χ0n) is 18.5. The number of aryl methyl sites for hydroxylation is 4. The highest BCUT2D eigenvalue weighted by Crippen LogP contribution is 2.26. The fourth-order valence-electron chi connectivity index (χ4n) is 4.09. The Morgan fingerprint density at radius 2 is 1.67 bits per heavy atom. The van der Waals surface area contributed by atoms with Crippen molar-refractivity contribution in [1.29, 1.82) is 0 Å². The monoisotopic (exact) mass is 428 g/mol. The van der Waals surface area contributed by atoms with E-state index in [0.29, 0.717) is 19.4 Å². The molecule has 0 spiro atoms. The Balaban J connectivity index is 1.71. The van der Waals surface area contributed by atoms with E-state index in [0.717, 1.165) is 16.7 Å². The molecule has 2 atom stereocenters. The normalized spacial score (nSPS) is 18.8. The molecular formula is C24H32N2O3S. The largest absolute Gasteiger partial charge is 0.349 e. The maximum atomic E-state index is 13.0. The summed E-state index contributed by atoms with van der Waals surface area (Å²) in [4.78, 5) is 13.3. The molecule has 1 aliphatic heterocycles. The summed E-state index contributed by atoms with van der Waals surface area (Å²) in [6.07, 6.45) is 1.38. The van der Waals surface area contributed by atoms with Crippen LogP contribution in [-0.2, 0) is 14.8 Å². The van der Waals surface area contributed by atoms with E-state index in [-0.39, 0.29) is 29.3 Å². The highest BCUT2D eigenvalue weighted by molar-refractivity contribution is 7.89. The van der Waals surface area contributed by atoms with E-state index >= 15 is 0 Å². The summed E-state index contributed by atoms with van der Waals surface area (Å²) in [5.41, 5.74) is 5.70. The molecule has 1 heterocycles. The lowest BCUT2D eigenvalue weighted by molar-refractivity contribution is -0.126. The van der Waals surface area contributed by atoms with Crippen molar-refractivity contribution < 1.29 is 13.2 Å². The fraction of sp³-hybridized carbons (Fsp3) is 0.458. The number of sulfonamides is 1. The van der Waals surface area contributed by atoms with Crippen LogP contribution in [0.15, 0.2) is 41.3 Å². The van der Waals surface area contributed by atoms with Crippen LogP contribution in [0.1, 0.15) is 53.6 Å². The summed E-state index contributed by atoms with van der Waals surface area (Å²) in [6.45, 7) is 10.8. The Morgan fingerprint density at radius 3 is 2.33 bits per heavy atom. The zero-order chi connectivity index (χ0) is 22.1. The van der Waals surface area contributed by atoms with Crippen molar-refractivity contribution in [1.82, 2.24) is 9.62 Å². The van der Waals surface area contributed by atoms with Crippen LogP contribution in [0.3, 0.4) is 0 Å². The Hall–Kier alpha value is -2.18. The molecule has 0 radical (unpaired) electrons. The minimum Gasteiger partial charge on any atom is -0.349 e. The Kier molecular flexibility index (Phi) is 6.68.